The second-order valence-electron chi connectivity index (χ2n) is 4.93. The first kappa shape index (κ1) is 13.3. The number of nitrogens with one attached hydrogen (secondary N) is 1. The topological polar surface area (TPSA) is 41.1 Å². The summed E-state index contributed by atoms with van der Waals surface area (Å²) in [5, 5.41) is 3.36. The molecular weight excluding hydrogens is 224 g/mol. The van der Waals surface area contributed by atoms with Crippen molar-refractivity contribution in [3.05, 3.63) is 17.5 Å². The van der Waals surface area contributed by atoms with E-state index in [0.29, 0.717) is 6.04 Å². The molecule has 1 unspecified atom stereocenters. The fourth-order valence-electron chi connectivity index (χ4n) is 2.44. The average molecular weight is 248 g/mol. The second-order valence-corrected chi connectivity index (χ2v) is 4.93. The van der Waals surface area contributed by atoms with E-state index in [4.69, 9.17) is 0 Å². The molecule has 2 heterocycles. The third-order valence-corrected chi connectivity index (χ3v) is 3.66. The Bertz CT molecular complexity index is 369. The minimum Gasteiger partial charge on any atom is -0.339 e. The average Bonchev–Trinajstić information content (AvgIpc) is 2.46. The maximum atomic E-state index is 4.68. The standard InChI is InChI=1S/C14H24N4/c1-4-11-9-12(5-2)17-14(16-11)18-8-6-7-13(10-18)15-3/h9,13,15H,4-8,10H2,1-3H3. The first-order valence-corrected chi connectivity index (χ1v) is 7.05. The van der Waals surface area contributed by atoms with Crippen LogP contribution in [0.15, 0.2) is 6.07 Å². The smallest absolute Gasteiger partial charge is 0.225 e. The van der Waals surface area contributed by atoms with E-state index in [2.05, 4.69) is 40.1 Å². The van der Waals surface area contributed by atoms with Crippen LogP contribution < -0.4 is 10.2 Å². The molecule has 100 valence electrons. The van der Waals surface area contributed by atoms with Crippen molar-refractivity contribution in [1.82, 2.24) is 15.3 Å². The van der Waals surface area contributed by atoms with Gasteiger partial charge in [0.2, 0.25) is 5.95 Å². The van der Waals surface area contributed by atoms with Gasteiger partial charge in [-0.3, -0.25) is 0 Å². The number of likely N-dealkylation sites (N-methyl/N-ethyl adjacent to an activating group) is 1. The van der Waals surface area contributed by atoms with Crippen LogP contribution in [0, 0.1) is 0 Å². The molecule has 4 heteroatoms. The lowest BCUT2D eigenvalue weighted by Gasteiger charge is -2.32. The lowest BCUT2D eigenvalue weighted by Crippen LogP contribution is -2.45. The van der Waals surface area contributed by atoms with Crippen LogP contribution >= 0.6 is 0 Å². The minimum atomic E-state index is 0.567. The van der Waals surface area contributed by atoms with Crippen molar-refractivity contribution in [2.45, 2.75) is 45.6 Å². The second kappa shape index (κ2) is 6.14. The predicted molar refractivity (Wildman–Crippen MR) is 75.1 cm³/mol. The van der Waals surface area contributed by atoms with Gasteiger partial charge in [-0.1, -0.05) is 13.8 Å². The molecule has 0 bridgehead atoms. The molecule has 2 rings (SSSR count). The van der Waals surface area contributed by atoms with Crippen LogP contribution in [-0.4, -0.2) is 36.1 Å². The highest BCUT2D eigenvalue weighted by atomic mass is 15.3. The van der Waals surface area contributed by atoms with Gasteiger partial charge in [-0.05, 0) is 38.8 Å². The highest BCUT2D eigenvalue weighted by molar-refractivity contribution is 5.33. The summed E-state index contributed by atoms with van der Waals surface area (Å²) in [6, 6.07) is 2.70. The Morgan fingerprint density at radius 1 is 1.28 bits per heavy atom. The first-order chi connectivity index (χ1) is 8.76. The Balaban J connectivity index is 2.20. The van der Waals surface area contributed by atoms with E-state index >= 15 is 0 Å². The van der Waals surface area contributed by atoms with E-state index in [1.165, 1.54) is 12.8 Å². The summed E-state index contributed by atoms with van der Waals surface area (Å²) in [7, 11) is 2.04. The summed E-state index contributed by atoms with van der Waals surface area (Å²) in [5.41, 5.74) is 2.31. The normalized spacial score (nSPS) is 20.2. The summed E-state index contributed by atoms with van der Waals surface area (Å²) in [6.07, 6.45) is 4.42. The summed E-state index contributed by atoms with van der Waals surface area (Å²) in [4.78, 5) is 11.7. The van der Waals surface area contributed by atoms with Gasteiger partial charge in [0.1, 0.15) is 0 Å². The maximum absolute atomic E-state index is 4.68. The van der Waals surface area contributed by atoms with Gasteiger partial charge in [0.05, 0.1) is 0 Å². The molecule has 1 fully saturated rings. The van der Waals surface area contributed by atoms with E-state index in [1.54, 1.807) is 0 Å². The van der Waals surface area contributed by atoms with Crippen LogP contribution in [0.5, 0.6) is 0 Å². The molecule has 1 aliphatic heterocycles. The summed E-state index contributed by atoms with van der Waals surface area (Å²) >= 11 is 0. The van der Waals surface area contributed by atoms with Gasteiger partial charge in [-0.15, -0.1) is 0 Å². The largest absolute Gasteiger partial charge is 0.339 e. The van der Waals surface area contributed by atoms with Crippen molar-refractivity contribution in [3.63, 3.8) is 0 Å². The van der Waals surface area contributed by atoms with Crippen molar-refractivity contribution in [3.8, 4) is 0 Å². The van der Waals surface area contributed by atoms with Crippen LogP contribution in [0.4, 0.5) is 5.95 Å². The lowest BCUT2D eigenvalue weighted by molar-refractivity contribution is 0.445. The van der Waals surface area contributed by atoms with Crippen molar-refractivity contribution in [2.24, 2.45) is 0 Å². The highest BCUT2D eigenvalue weighted by Gasteiger charge is 2.20. The lowest BCUT2D eigenvalue weighted by atomic mass is 10.1. The zero-order valence-corrected chi connectivity index (χ0v) is 11.7. The Kier molecular flexibility index (Phi) is 4.53. The van der Waals surface area contributed by atoms with Crippen molar-refractivity contribution in [2.75, 3.05) is 25.0 Å². The minimum absolute atomic E-state index is 0.567. The highest BCUT2D eigenvalue weighted by Crippen LogP contribution is 2.17. The fourth-order valence-corrected chi connectivity index (χ4v) is 2.44. The van der Waals surface area contributed by atoms with E-state index in [1.807, 2.05) is 7.05 Å². The SMILES string of the molecule is CCc1cc(CC)nc(N2CCCC(NC)C2)n1. The number of nitrogens with zero attached hydrogens (tertiary/aromatic N) is 3. The summed E-state index contributed by atoms with van der Waals surface area (Å²) in [5.74, 6) is 0.922. The molecule has 4 nitrogen and oxygen atoms in total. The Labute approximate surface area is 110 Å². The number of aryl methyl sites for hydroxylation is 2. The zero-order chi connectivity index (χ0) is 13.0. The molecule has 0 aliphatic carbocycles. The van der Waals surface area contributed by atoms with Crippen LogP contribution in [0.2, 0.25) is 0 Å². The van der Waals surface area contributed by atoms with Crippen LogP contribution in [-0.2, 0) is 12.8 Å². The van der Waals surface area contributed by atoms with Crippen LogP contribution in [0.3, 0.4) is 0 Å². The first-order valence-electron chi connectivity index (χ1n) is 7.05. The monoisotopic (exact) mass is 248 g/mol. The van der Waals surface area contributed by atoms with Crippen LogP contribution in [0.1, 0.15) is 38.1 Å². The van der Waals surface area contributed by atoms with Gasteiger partial charge in [0, 0.05) is 30.5 Å². The third kappa shape index (κ3) is 2.99. The number of rotatable bonds is 4. The van der Waals surface area contributed by atoms with Gasteiger partial charge >= 0.3 is 0 Å². The number of hydrogen-bond donors (Lipinski definition) is 1. The molecule has 0 amide bonds. The molecule has 1 atom stereocenters. The number of hydrogen-bond acceptors (Lipinski definition) is 4. The van der Waals surface area contributed by atoms with Gasteiger partial charge < -0.3 is 10.2 Å². The molecule has 0 saturated carbocycles. The maximum Gasteiger partial charge on any atom is 0.225 e. The molecule has 1 aliphatic rings. The van der Waals surface area contributed by atoms with Crippen molar-refractivity contribution < 1.29 is 0 Å². The van der Waals surface area contributed by atoms with Crippen molar-refractivity contribution >= 4 is 5.95 Å². The quantitative estimate of drug-likeness (QED) is 0.882. The molecule has 1 saturated heterocycles. The molecule has 0 spiro atoms. The molecule has 1 aromatic heterocycles. The van der Waals surface area contributed by atoms with Gasteiger partial charge in [-0.2, -0.15) is 0 Å². The van der Waals surface area contributed by atoms with E-state index in [9.17, 15) is 0 Å². The number of piperidine rings is 1. The summed E-state index contributed by atoms with van der Waals surface area (Å²) < 4.78 is 0. The van der Waals surface area contributed by atoms with E-state index in [-0.39, 0.29) is 0 Å². The van der Waals surface area contributed by atoms with E-state index < -0.39 is 0 Å². The van der Waals surface area contributed by atoms with Crippen molar-refractivity contribution in [1.29, 1.82) is 0 Å². The Morgan fingerprint density at radius 2 is 1.94 bits per heavy atom. The molecular formula is C14H24N4. The molecule has 0 aromatic carbocycles. The Hall–Kier alpha value is -1.16. The molecule has 1 N–H and O–H groups in total. The van der Waals surface area contributed by atoms with Gasteiger partial charge in [-0.25, -0.2) is 9.97 Å². The molecule has 18 heavy (non-hydrogen) atoms. The number of anilines is 1. The van der Waals surface area contributed by atoms with Gasteiger partial charge in [0.15, 0.2) is 0 Å². The number of aromatic nitrogens is 2. The predicted octanol–water partition coefficient (Wildman–Crippen LogP) is 1.79. The Morgan fingerprint density at radius 3 is 2.50 bits per heavy atom. The third-order valence-electron chi connectivity index (χ3n) is 3.66. The zero-order valence-electron chi connectivity index (χ0n) is 11.7. The van der Waals surface area contributed by atoms with Crippen LogP contribution in [0.25, 0.3) is 0 Å². The van der Waals surface area contributed by atoms with Gasteiger partial charge in [0.25, 0.3) is 0 Å². The molecule has 0 radical (unpaired) electrons. The fraction of sp³-hybridized carbons (Fsp3) is 0.714. The summed E-state index contributed by atoms with van der Waals surface area (Å²) in [6.45, 7) is 6.40. The molecule has 1 aromatic rings. The van der Waals surface area contributed by atoms with E-state index in [0.717, 1.165) is 43.3 Å².